The number of aliphatic hydroxyl groups excluding tert-OH is 1. The first-order chi connectivity index (χ1) is 10.2. The summed E-state index contributed by atoms with van der Waals surface area (Å²) >= 11 is 0. The Kier molecular flexibility index (Phi) is 3.50. The van der Waals surface area contributed by atoms with Crippen LogP contribution in [0.3, 0.4) is 0 Å². The number of hydrogen-bond acceptors (Lipinski definition) is 3. The zero-order valence-corrected chi connectivity index (χ0v) is 10.9. The fourth-order valence-corrected chi connectivity index (χ4v) is 2.15. The Labute approximate surface area is 119 Å². The fraction of sp³-hybridized carbons (Fsp3) is 0.0625. The van der Waals surface area contributed by atoms with Crippen LogP contribution in [0.1, 0.15) is 5.56 Å². The van der Waals surface area contributed by atoms with E-state index in [4.69, 9.17) is 4.52 Å². The van der Waals surface area contributed by atoms with Crippen LogP contribution in [0.5, 0.6) is 0 Å². The van der Waals surface area contributed by atoms with Crippen LogP contribution in [0.25, 0.3) is 22.6 Å². The Morgan fingerprint density at radius 2 is 1.71 bits per heavy atom. The van der Waals surface area contributed by atoms with Gasteiger partial charge in [-0.05, 0) is 36.4 Å². The Bertz CT molecular complexity index is 766. The van der Waals surface area contributed by atoms with E-state index in [0.717, 1.165) is 0 Å². The number of aliphatic hydroxyl groups is 1. The topological polar surface area (TPSA) is 46.3 Å². The van der Waals surface area contributed by atoms with Crippen molar-refractivity contribution >= 4 is 0 Å². The molecule has 0 spiro atoms. The molecule has 1 heterocycles. The first-order valence-electron chi connectivity index (χ1n) is 6.30. The molecular weight excluding hydrogens is 276 g/mol. The lowest BCUT2D eigenvalue weighted by Gasteiger charge is -2.01. The van der Waals surface area contributed by atoms with Crippen LogP contribution in [0.4, 0.5) is 8.78 Å². The normalized spacial score (nSPS) is 10.8. The van der Waals surface area contributed by atoms with Gasteiger partial charge in [0.25, 0.3) is 0 Å². The number of aromatic nitrogens is 1. The highest BCUT2D eigenvalue weighted by molar-refractivity contribution is 5.72. The maximum Gasteiger partial charge on any atom is 0.173 e. The summed E-state index contributed by atoms with van der Waals surface area (Å²) in [4.78, 5) is 0. The predicted octanol–water partition coefficient (Wildman–Crippen LogP) is 3.78. The van der Waals surface area contributed by atoms with Crippen LogP contribution >= 0.6 is 0 Å². The summed E-state index contributed by atoms with van der Waals surface area (Å²) in [5, 5.41) is 13.5. The molecular formula is C16H11F2NO2. The highest BCUT2D eigenvalue weighted by Crippen LogP contribution is 2.32. The van der Waals surface area contributed by atoms with Crippen molar-refractivity contribution in [1.82, 2.24) is 5.16 Å². The van der Waals surface area contributed by atoms with Gasteiger partial charge in [-0.25, -0.2) is 8.78 Å². The van der Waals surface area contributed by atoms with Crippen LogP contribution < -0.4 is 0 Å². The lowest BCUT2D eigenvalue weighted by molar-refractivity contribution is 0.281. The molecule has 0 saturated carbocycles. The molecule has 0 aliphatic rings. The summed E-state index contributed by atoms with van der Waals surface area (Å²) in [6.45, 7) is -0.317. The molecule has 21 heavy (non-hydrogen) atoms. The second-order valence-corrected chi connectivity index (χ2v) is 4.51. The van der Waals surface area contributed by atoms with Crippen molar-refractivity contribution in [3.8, 4) is 22.6 Å². The third-order valence-corrected chi connectivity index (χ3v) is 3.15. The molecule has 3 rings (SSSR count). The van der Waals surface area contributed by atoms with E-state index < -0.39 is 5.82 Å². The molecule has 2 aromatic carbocycles. The van der Waals surface area contributed by atoms with E-state index in [9.17, 15) is 13.9 Å². The van der Waals surface area contributed by atoms with E-state index in [1.54, 1.807) is 12.1 Å². The van der Waals surface area contributed by atoms with E-state index in [2.05, 4.69) is 5.16 Å². The smallest absolute Gasteiger partial charge is 0.173 e. The van der Waals surface area contributed by atoms with E-state index >= 15 is 0 Å². The molecule has 0 radical (unpaired) electrons. The van der Waals surface area contributed by atoms with E-state index in [-0.39, 0.29) is 12.4 Å². The van der Waals surface area contributed by atoms with Gasteiger partial charge in [-0.3, -0.25) is 0 Å². The maximum absolute atomic E-state index is 13.3. The molecule has 0 fully saturated rings. The van der Waals surface area contributed by atoms with Gasteiger partial charge in [-0.15, -0.1) is 0 Å². The summed E-state index contributed by atoms with van der Waals surface area (Å²) in [7, 11) is 0. The zero-order chi connectivity index (χ0) is 14.8. The Balaban J connectivity index is 2.11. The molecule has 0 amide bonds. The monoisotopic (exact) mass is 287 g/mol. The molecule has 1 N–H and O–H groups in total. The summed E-state index contributed by atoms with van der Waals surface area (Å²) in [6.07, 6.45) is 0. The first kappa shape index (κ1) is 13.5. The average molecular weight is 287 g/mol. The SMILES string of the molecule is OCc1c(-c2cccc(F)c2)noc1-c1ccc(F)cc1. The molecule has 0 aliphatic carbocycles. The minimum Gasteiger partial charge on any atom is -0.391 e. The van der Waals surface area contributed by atoms with Crippen LogP contribution in [0.15, 0.2) is 53.1 Å². The zero-order valence-electron chi connectivity index (χ0n) is 10.9. The summed E-state index contributed by atoms with van der Waals surface area (Å²) < 4.78 is 31.5. The minimum absolute atomic E-state index is 0.317. The van der Waals surface area contributed by atoms with Gasteiger partial charge in [0, 0.05) is 11.1 Å². The number of nitrogens with zero attached hydrogens (tertiary/aromatic N) is 1. The van der Waals surface area contributed by atoms with Gasteiger partial charge in [0.15, 0.2) is 5.76 Å². The number of rotatable bonds is 3. The molecule has 0 saturated heterocycles. The van der Waals surface area contributed by atoms with Crippen molar-refractivity contribution in [3.05, 3.63) is 65.7 Å². The van der Waals surface area contributed by atoms with Gasteiger partial charge in [-0.2, -0.15) is 0 Å². The Morgan fingerprint density at radius 3 is 2.38 bits per heavy atom. The first-order valence-corrected chi connectivity index (χ1v) is 6.30. The van der Waals surface area contributed by atoms with Crippen molar-refractivity contribution in [2.24, 2.45) is 0 Å². The quantitative estimate of drug-likeness (QED) is 0.797. The standard InChI is InChI=1S/C16H11F2NO2/c17-12-6-4-10(5-7-12)16-14(9-20)15(19-21-16)11-2-1-3-13(18)8-11/h1-8,20H,9H2. The second kappa shape index (κ2) is 5.46. The molecule has 0 atom stereocenters. The van der Waals surface area contributed by atoms with Crippen molar-refractivity contribution in [1.29, 1.82) is 0 Å². The lowest BCUT2D eigenvalue weighted by atomic mass is 10.0. The molecule has 0 bridgehead atoms. The van der Waals surface area contributed by atoms with Gasteiger partial charge >= 0.3 is 0 Å². The number of halogens is 2. The average Bonchev–Trinajstić information content (AvgIpc) is 2.92. The molecule has 5 heteroatoms. The number of benzene rings is 2. The van der Waals surface area contributed by atoms with E-state index in [1.807, 2.05) is 0 Å². The lowest BCUT2D eigenvalue weighted by Crippen LogP contribution is -1.90. The van der Waals surface area contributed by atoms with Crippen LogP contribution in [0.2, 0.25) is 0 Å². The van der Waals surface area contributed by atoms with Gasteiger partial charge < -0.3 is 9.63 Å². The van der Waals surface area contributed by atoms with Crippen molar-refractivity contribution in [2.45, 2.75) is 6.61 Å². The molecule has 3 nitrogen and oxygen atoms in total. The van der Waals surface area contributed by atoms with Crippen LogP contribution in [-0.4, -0.2) is 10.3 Å². The predicted molar refractivity (Wildman–Crippen MR) is 73.2 cm³/mol. The third kappa shape index (κ3) is 2.55. The summed E-state index contributed by atoms with van der Waals surface area (Å²) in [5.74, 6) is -0.423. The highest BCUT2D eigenvalue weighted by Gasteiger charge is 2.18. The van der Waals surface area contributed by atoms with Crippen LogP contribution in [-0.2, 0) is 6.61 Å². The van der Waals surface area contributed by atoms with Crippen molar-refractivity contribution in [2.75, 3.05) is 0 Å². The maximum atomic E-state index is 13.3. The van der Waals surface area contributed by atoms with Gasteiger partial charge in [-0.1, -0.05) is 17.3 Å². The number of hydrogen-bond donors (Lipinski definition) is 1. The Morgan fingerprint density at radius 1 is 0.952 bits per heavy atom. The van der Waals surface area contributed by atoms with Crippen molar-refractivity contribution < 1.29 is 18.4 Å². The second-order valence-electron chi connectivity index (χ2n) is 4.51. The summed E-state index contributed by atoms with van der Waals surface area (Å²) in [5.41, 5.74) is 1.91. The van der Waals surface area contributed by atoms with Crippen molar-refractivity contribution in [3.63, 3.8) is 0 Å². The molecule has 106 valence electrons. The summed E-state index contributed by atoms with van der Waals surface area (Å²) in [6, 6.07) is 11.5. The largest absolute Gasteiger partial charge is 0.391 e. The van der Waals surface area contributed by atoms with E-state index in [0.29, 0.717) is 28.1 Å². The molecule has 0 aliphatic heterocycles. The highest BCUT2D eigenvalue weighted by atomic mass is 19.1. The van der Waals surface area contributed by atoms with Crippen LogP contribution in [0, 0.1) is 11.6 Å². The molecule has 3 aromatic rings. The molecule has 1 aromatic heterocycles. The third-order valence-electron chi connectivity index (χ3n) is 3.15. The van der Waals surface area contributed by atoms with Gasteiger partial charge in [0.1, 0.15) is 17.3 Å². The molecule has 0 unspecified atom stereocenters. The van der Waals surface area contributed by atoms with Gasteiger partial charge in [0.2, 0.25) is 0 Å². The van der Waals surface area contributed by atoms with E-state index in [1.165, 1.54) is 36.4 Å². The fourth-order valence-electron chi connectivity index (χ4n) is 2.15. The minimum atomic E-state index is -0.400. The Hall–Kier alpha value is -2.53. The van der Waals surface area contributed by atoms with Gasteiger partial charge in [0.05, 0.1) is 12.2 Å².